The highest BCUT2D eigenvalue weighted by atomic mass is 16.4. The Hall–Kier alpha value is -2.88. The molecule has 4 heteroatoms. The van der Waals surface area contributed by atoms with Gasteiger partial charge in [0.1, 0.15) is 0 Å². The Kier molecular flexibility index (Phi) is 4.70. The third-order valence-corrected chi connectivity index (χ3v) is 4.31. The second-order valence-electron chi connectivity index (χ2n) is 6.55. The summed E-state index contributed by atoms with van der Waals surface area (Å²) < 4.78 is 0. The lowest BCUT2D eigenvalue weighted by Gasteiger charge is -2.10. The molecule has 128 valence electrons. The average Bonchev–Trinajstić information content (AvgIpc) is 3.37. The summed E-state index contributed by atoms with van der Waals surface area (Å²) >= 11 is 0. The van der Waals surface area contributed by atoms with Crippen molar-refractivity contribution in [3.8, 4) is 0 Å². The van der Waals surface area contributed by atoms with Gasteiger partial charge in [-0.1, -0.05) is 42.0 Å². The fourth-order valence-electron chi connectivity index (χ4n) is 2.69. The van der Waals surface area contributed by atoms with Crippen molar-refractivity contribution in [2.24, 2.45) is 0 Å². The molecule has 0 aromatic heterocycles. The number of carboxylic acids is 1. The van der Waals surface area contributed by atoms with Gasteiger partial charge in [0, 0.05) is 11.6 Å². The van der Waals surface area contributed by atoms with E-state index in [9.17, 15) is 9.59 Å². The number of carbonyl (C=O) groups is 2. The van der Waals surface area contributed by atoms with E-state index in [1.54, 1.807) is 25.1 Å². The summed E-state index contributed by atoms with van der Waals surface area (Å²) in [7, 11) is 0. The molecule has 0 bridgehead atoms. The maximum Gasteiger partial charge on any atom is 0.335 e. The predicted octanol–water partition coefficient (Wildman–Crippen LogP) is 3.82. The van der Waals surface area contributed by atoms with Gasteiger partial charge in [0.2, 0.25) is 0 Å². The van der Waals surface area contributed by atoms with Gasteiger partial charge in [0.05, 0.1) is 5.56 Å². The standard InChI is InChI=1S/C21H21NO3/c1-13-3-6-16(7-4-13)19(20(23)22-17-8-9-17)12-15-5-10-18(21(24)25)14(2)11-15/h3-7,10-12,17H,8-9H2,1-2H3,(H,22,23)(H,24,25)/b19-12-. The van der Waals surface area contributed by atoms with Crippen LogP contribution >= 0.6 is 0 Å². The number of carbonyl (C=O) groups excluding carboxylic acids is 1. The molecule has 0 radical (unpaired) electrons. The summed E-state index contributed by atoms with van der Waals surface area (Å²) in [6.07, 6.45) is 3.87. The quantitative estimate of drug-likeness (QED) is 0.645. The van der Waals surface area contributed by atoms with Crippen LogP contribution in [-0.4, -0.2) is 23.0 Å². The van der Waals surface area contributed by atoms with E-state index in [4.69, 9.17) is 5.11 Å². The van der Waals surface area contributed by atoms with E-state index in [0.29, 0.717) is 11.1 Å². The van der Waals surface area contributed by atoms with E-state index in [1.807, 2.05) is 37.3 Å². The van der Waals surface area contributed by atoms with Gasteiger partial charge in [-0.2, -0.15) is 0 Å². The molecule has 1 amide bonds. The molecule has 0 heterocycles. The first-order valence-electron chi connectivity index (χ1n) is 8.37. The molecule has 25 heavy (non-hydrogen) atoms. The maximum atomic E-state index is 12.7. The zero-order valence-corrected chi connectivity index (χ0v) is 14.4. The molecule has 0 spiro atoms. The van der Waals surface area contributed by atoms with Gasteiger partial charge in [-0.05, 0) is 55.5 Å². The molecule has 4 nitrogen and oxygen atoms in total. The van der Waals surface area contributed by atoms with Gasteiger partial charge in [0.25, 0.3) is 5.91 Å². The highest BCUT2D eigenvalue weighted by Crippen LogP contribution is 2.24. The zero-order valence-electron chi connectivity index (χ0n) is 14.4. The molecule has 2 N–H and O–H groups in total. The second-order valence-corrected chi connectivity index (χ2v) is 6.55. The number of carboxylic acid groups (broad SMARTS) is 1. The van der Waals surface area contributed by atoms with Crippen LogP contribution < -0.4 is 5.32 Å². The summed E-state index contributed by atoms with van der Waals surface area (Å²) in [6.45, 7) is 3.77. The van der Waals surface area contributed by atoms with Crippen molar-refractivity contribution in [2.45, 2.75) is 32.7 Å². The molecule has 0 aliphatic heterocycles. The summed E-state index contributed by atoms with van der Waals surface area (Å²) in [5.41, 5.74) is 4.33. The van der Waals surface area contributed by atoms with Crippen LogP contribution in [0.5, 0.6) is 0 Å². The SMILES string of the molecule is Cc1ccc(/C(=C/c2ccc(C(=O)O)c(C)c2)C(=O)NC2CC2)cc1. The van der Waals surface area contributed by atoms with Gasteiger partial charge >= 0.3 is 5.97 Å². The number of nitrogens with one attached hydrogen (secondary N) is 1. The smallest absolute Gasteiger partial charge is 0.335 e. The molecular formula is C21H21NO3. The first-order valence-corrected chi connectivity index (χ1v) is 8.37. The number of amides is 1. The van der Waals surface area contributed by atoms with Crippen LogP contribution in [0.15, 0.2) is 42.5 Å². The lowest BCUT2D eigenvalue weighted by atomic mass is 9.98. The Morgan fingerprint density at radius 3 is 2.32 bits per heavy atom. The lowest BCUT2D eigenvalue weighted by molar-refractivity contribution is -0.115. The molecule has 1 aliphatic rings. The molecule has 1 saturated carbocycles. The van der Waals surface area contributed by atoms with Gasteiger partial charge in [-0.3, -0.25) is 4.79 Å². The van der Waals surface area contributed by atoms with E-state index in [0.717, 1.165) is 29.5 Å². The first kappa shape index (κ1) is 17.0. The minimum absolute atomic E-state index is 0.0914. The van der Waals surface area contributed by atoms with Gasteiger partial charge < -0.3 is 10.4 Å². The zero-order chi connectivity index (χ0) is 18.0. The topological polar surface area (TPSA) is 66.4 Å². The van der Waals surface area contributed by atoms with Crippen molar-refractivity contribution in [3.63, 3.8) is 0 Å². The maximum absolute atomic E-state index is 12.7. The molecule has 2 aromatic rings. The highest BCUT2D eigenvalue weighted by Gasteiger charge is 2.25. The minimum atomic E-state index is -0.946. The molecule has 1 aliphatic carbocycles. The molecule has 0 unspecified atom stereocenters. The largest absolute Gasteiger partial charge is 0.478 e. The number of aromatic carboxylic acids is 1. The fourth-order valence-corrected chi connectivity index (χ4v) is 2.69. The highest BCUT2D eigenvalue weighted by molar-refractivity contribution is 6.24. The molecule has 0 saturated heterocycles. The Morgan fingerprint density at radius 1 is 1.08 bits per heavy atom. The second kappa shape index (κ2) is 6.93. The summed E-state index contributed by atoms with van der Waals surface area (Å²) in [4.78, 5) is 23.8. The molecule has 0 atom stereocenters. The van der Waals surface area contributed by atoms with Crippen molar-refractivity contribution in [3.05, 3.63) is 70.3 Å². The van der Waals surface area contributed by atoms with Crippen LogP contribution in [0.4, 0.5) is 0 Å². The number of benzene rings is 2. The number of rotatable bonds is 5. The minimum Gasteiger partial charge on any atom is -0.478 e. The van der Waals surface area contributed by atoms with Gasteiger partial charge in [-0.25, -0.2) is 4.79 Å². The van der Waals surface area contributed by atoms with Crippen LogP contribution in [0.3, 0.4) is 0 Å². The van der Waals surface area contributed by atoms with E-state index in [1.165, 1.54) is 0 Å². The predicted molar refractivity (Wildman–Crippen MR) is 98.4 cm³/mol. The molecule has 2 aromatic carbocycles. The third kappa shape index (κ3) is 4.15. The van der Waals surface area contributed by atoms with Crippen molar-refractivity contribution in [2.75, 3.05) is 0 Å². The summed E-state index contributed by atoms with van der Waals surface area (Å²) in [5, 5.41) is 12.2. The van der Waals surface area contributed by atoms with E-state index < -0.39 is 5.97 Å². The third-order valence-electron chi connectivity index (χ3n) is 4.31. The summed E-state index contributed by atoms with van der Waals surface area (Å²) in [5.74, 6) is -1.04. The lowest BCUT2D eigenvalue weighted by Crippen LogP contribution is -2.26. The first-order chi connectivity index (χ1) is 11.9. The van der Waals surface area contributed by atoms with Crippen LogP contribution in [-0.2, 0) is 4.79 Å². The average molecular weight is 335 g/mol. The van der Waals surface area contributed by atoms with Crippen LogP contribution in [0.25, 0.3) is 11.6 Å². The Labute approximate surface area is 147 Å². The van der Waals surface area contributed by atoms with Crippen LogP contribution in [0.1, 0.15) is 45.5 Å². The Morgan fingerprint density at radius 2 is 1.76 bits per heavy atom. The van der Waals surface area contributed by atoms with Crippen molar-refractivity contribution in [1.29, 1.82) is 0 Å². The molecule has 1 fully saturated rings. The van der Waals surface area contributed by atoms with Gasteiger partial charge in [-0.15, -0.1) is 0 Å². The van der Waals surface area contributed by atoms with E-state index >= 15 is 0 Å². The Bertz CT molecular complexity index is 846. The van der Waals surface area contributed by atoms with Crippen molar-refractivity contribution >= 4 is 23.5 Å². The van der Waals surface area contributed by atoms with Crippen LogP contribution in [0.2, 0.25) is 0 Å². The molecular weight excluding hydrogens is 314 g/mol. The van der Waals surface area contributed by atoms with Crippen molar-refractivity contribution < 1.29 is 14.7 Å². The van der Waals surface area contributed by atoms with Crippen molar-refractivity contribution in [1.82, 2.24) is 5.32 Å². The molecule has 3 rings (SSSR count). The Balaban J connectivity index is 1.99. The van der Waals surface area contributed by atoms with E-state index in [-0.39, 0.29) is 17.5 Å². The summed E-state index contributed by atoms with van der Waals surface area (Å²) in [6, 6.07) is 13.2. The van der Waals surface area contributed by atoms with E-state index in [2.05, 4.69) is 5.32 Å². The number of hydrogen-bond acceptors (Lipinski definition) is 2. The normalized spacial score (nSPS) is 14.2. The fraction of sp³-hybridized carbons (Fsp3) is 0.238. The monoisotopic (exact) mass is 335 g/mol. The number of aryl methyl sites for hydroxylation is 2. The number of hydrogen-bond donors (Lipinski definition) is 2. The van der Waals surface area contributed by atoms with Gasteiger partial charge in [0.15, 0.2) is 0 Å². The van der Waals surface area contributed by atoms with Crippen LogP contribution in [0, 0.1) is 13.8 Å².